The van der Waals surface area contributed by atoms with Gasteiger partial charge >= 0.3 is 5.97 Å². The molecular weight excluding hydrogens is 428 g/mol. The minimum atomic E-state index is -0.700. The van der Waals surface area contributed by atoms with Crippen molar-refractivity contribution in [1.82, 2.24) is 9.97 Å². The van der Waals surface area contributed by atoms with E-state index in [0.29, 0.717) is 23.9 Å². The molecule has 0 aliphatic heterocycles. The molecule has 0 spiro atoms. The van der Waals surface area contributed by atoms with Crippen LogP contribution in [0.25, 0.3) is 0 Å². The Morgan fingerprint density at radius 2 is 1.81 bits per heavy atom. The van der Waals surface area contributed by atoms with E-state index in [4.69, 9.17) is 21.1 Å². The summed E-state index contributed by atoms with van der Waals surface area (Å²) in [5, 5.41) is 11.4. The summed E-state index contributed by atoms with van der Waals surface area (Å²) in [4.78, 5) is 21.8. The van der Waals surface area contributed by atoms with Gasteiger partial charge in [0.05, 0.1) is 6.61 Å². The Morgan fingerprint density at radius 3 is 2.41 bits per heavy atom. The van der Waals surface area contributed by atoms with Gasteiger partial charge in [-0.05, 0) is 57.7 Å². The normalized spacial score (nSPS) is 15.5. The fourth-order valence-electron chi connectivity index (χ4n) is 4.20. The molecule has 1 saturated carbocycles. The van der Waals surface area contributed by atoms with Gasteiger partial charge in [0.1, 0.15) is 11.4 Å². The first-order valence-corrected chi connectivity index (χ1v) is 11.7. The number of unbranched alkanes of at least 4 members (excludes halogenated alkanes) is 1. The predicted molar refractivity (Wildman–Crippen MR) is 125 cm³/mol. The van der Waals surface area contributed by atoms with Crippen LogP contribution < -0.4 is 4.74 Å². The van der Waals surface area contributed by atoms with Crippen LogP contribution in [-0.4, -0.2) is 33.3 Å². The van der Waals surface area contributed by atoms with E-state index in [1.807, 2.05) is 31.2 Å². The minimum absolute atomic E-state index is 0.0107. The van der Waals surface area contributed by atoms with Crippen molar-refractivity contribution in [3.05, 3.63) is 46.4 Å². The van der Waals surface area contributed by atoms with Crippen molar-refractivity contribution < 1.29 is 19.4 Å². The van der Waals surface area contributed by atoms with Crippen molar-refractivity contribution in [3.8, 4) is 11.6 Å². The molecule has 3 rings (SSSR count). The number of hydrogen-bond donors (Lipinski definition) is 1. The molecule has 2 aromatic rings. The number of rotatable bonds is 8. The standard InChI is InChI=1S/C25H33ClN2O4/c1-5-6-15-31-21-20(23(30)32-24(2,3)4)27-19(28-22(21)29)16-25(13-7-8-14-25)17-9-11-18(26)12-10-17/h9-12H,5-8,13-16H2,1-4H3,(H,27,28,29). The van der Waals surface area contributed by atoms with Gasteiger partial charge in [0.25, 0.3) is 5.88 Å². The molecular formula is C25H33ClN2O4. The summed E-state index contributed by atoms with van der Waals surface area (Å²) in [7, 11) is 0. The summed E-state index contributed by atoms with van der Waals surface area (Å²) in [5.41, 5.74) is 0.286. The van der Waals surface area contributed by atoms with Gasteiger partial charge in [-0.15, -0.1) is 0 Å². The molecule has 1 aromatic carbocycles. The molecule has 1 fully saturated rings. The van der Waals surface area contributed by atoms with Crippen LogP contribution >= 0.6 is 11.6 Å². The predicted octanol–water partition coefficient (Wildman–Crippen LogP) is 6.02. The zero-order valence-corrected chi connectivity index (χ0v) is 20.2. The highest BCUT2D eigenvalue weighted by atomic mass is 35.5. The lowest BCUT2D eigenvalue weighted by Crippen LogP contribution is -2.28. The summed E-state index contributed by atoms with van der Waals surface area (Å²) in [6.07, 6.45) is 6.38. The van der Waals surface area contributed by atoms with Crippen LogP contribution in [0.5, 0.6) is 11.6 Å². The number of benzene rings is 1. The average Bonchev–Trinajstić information content (AvgIpc) is 3.18. The Labute approximate surface area is 195 Å². The van der Waals surface area contributed by atoms with E-state index >= 15 is 0 Å². The first-order chi connectivity index (χ1) is 15.1. The third-order valence-electron chi connectivity index (χ3n) is 5.74. The maximum absolute atomic E-state index is 12.9. The SMILES string of the molecule is CCCCOc1c(O)nc(CC2(c3ccc(Cl)cc3)CCCC2)nc1C(=O)OC(C)(C)C. The molecule has 174 valence electrons. The number of aromatic nitrogens is 2. The van der Waals surface area contributed by atoms with Crippen LogP contribution in [0.4, 0.5) is 0 Å². The third-order valence-corrected chi connectivity index (χ3v) is 6.00. The van der Waals surface area contributed by atoms with E-state index < -0.39 is 11.6 Å². The van der Waals surface area contributed by atoms with Crippen molar-refractivity contribution >= 4 is 17.6 Å². The number of nitrogens with zero attached hydrogens (tertiary/aromatic N) is 2. The van der Waals surface area contributed by atoms with E-state index in [1.165, 1.54) is 5.56 Å². The lowest BCUT2D eigenvalue weighted by atomic mass is 9.76. The lowest BCUT2D eigenvalue weighted by Gasteiger charge is -2.29. The molecule has 0 amide bonds. The van der Waals surface area contributed by atoms with E-state index in [9.17, 15) is 9.90 Å². The Hall–Kier alpha value is -2.34. The molecule has 32 heavy (non-hydrogen) atoms. The Morgan fingerprint density at radius 1 is 1.16 bits per heavy atom. The molecule has 7 heteroatoms. The van der Waals surface area contributed by atoms with Crippen LogP contribution in [0.15, 0.2) is 24.3 Å². The van der Waals surface area contributed by atoms with Crippen molar-refractivity contribution in [2.45, 2.75) is 83.7 Å². The maximum Gasteiger partial charge on any atom is 0.361 e. The van der Waals surface area contributed by atoms with E-state index in [0.717, 1.165) is 38.5 Å². The highest BCUT2D eigenvalue weighted by Gasteiger charge is 2.37. The molecule has 0 radical (unpaired) electrons. The number of hydrogen-bond acceptors (Lipinski definition) is 6. The average molecular weight is 461 g/mol. The van der Waals surface area contributed by atoms with Crippen molar-refractivity contribution in [2.24, 2.45) is 0 Å². The third kappa shape index (κ3) is 5.91. The summed E-state index contributed by atoms with van der Waals surface area (Å²) >= 11 is 6.10. The summed E-state index contributed by atoms with van der Waals surface area (Å²) in [6.45, 7) is 7.77. The van der Waals surface area contributed by atoms with Gasteiger partial charge < -0.3 is 14.6 Å². The second kappa shape index (κ2) is 10.1. The van der Waals surface area contributed by atoms with E-state index in [1.54, 1.807) is 20.8 Å². The topological polar surface area (TPSA) is 81.5 Å². The van der Waals surface area contributed by atoms with Gasteiger partial charge in [0.2, 0.25) is 5.75 Å². The zero-order valence-electron chi connectivity index (χ0n) is 19.4. The monoisotopic (exact) mass is 460 g/mol. The van der Waals surface area contributed by atoms with Gasteiger partial charge in [-0.3, -0.25) is 0 Å². The van der Waals surface area contributed by atoms with E-state index in [-0.39, 0.29) is 22.7 Å². The van der Waals surface area contributed by atoms with Crippen LogP contribution in [0.3, 0.4) is 0 Å². The molecule has 1 heterocycles. The van der Waals surface area contributed by atoms with Gasteiger partial charge in [-0.2, -0.15) is 4.98 Å². The number of aromatic hydroxyl groups is 1. The van der Waals surface area contributed by atoms with Crippen LogP contribution in [0.2, 0.25) is 5.02 Å². The Kier molecular flexibility index (Phi) is 7.65. The number of ether oxygens (including phenoxy) is 2. The lowest BCUT2D eigenvalue weighted by molar-refractivity contribution is 0.00568. The molecule has 1 aliphatic rings. The van der Waals surface area contributed by atoms with Crippen molar-refractivity contribution in [2.75, 3.05) is 6.61 Å². The van der Waals surface area contributed by atoms with Crippen LogP contribution in [0.1, 0.15) is 88.1 Å². The summed E-state index contributed by atoms with van der Waals surface area (Å²) in [6, 6.07) is 7.88. The number of halogens is 1. The number of carbonyl (C=O) groups excluding carboxylic acids is 1. The van der Waals surface area contributed by atoms with Crippen molar-refractivity contribution in [3.63, 3.8) is 0 Å². The summed E-state index contributed by atoms with van der Waals surface area (Å²) in [5.74, 6) is -0.558. The molecule has 0 unspecified atom stereocenters. The smallest absolute Gasteiger partial charge is 0.361 e. The molecule has 1 aromatic heterocycles. The molecule has 1 aliphatic carbocycles. The van der Waals surface area contributed by atoms with Crippen molar-refractivity contribution in [1.29, 1.82) is 0 Å². The Bertz CT molecular complexity index is 932. The number of carbonyl (C=O) groups is 1. The Balaban J connectivity index is 1.98. The molecule has 6 nitrogen and oxygen atoms in total. The first-order valence-electron chi connectivity index (χ1n) is 11.4. The number of esters is 1. The fourth-order valence-corrected chi connectivity index (χ4v) is 4.33. The quantitative estimate of drug-likeness (QED) is 0.383. The van der Waals surface area contributed by atoms with Gasteiger partial charge in [-0.1, -0.05) is 49.9 Å². The zero-order chi connectivity index (χ0) is 23.4. The minimum Gasteiger partial charge on any atom is -0.491 e. The van der Waals surface area contributed by atoms with Gasteiger partial charge in [0, 0.05) is 16.9 Å². The van der Waals surface area contributed by atoms with Crippen LogP contribution in [-0.2, 0) is 16.6 Å². The first kappa shape index (κ1) is 24.3. The highest BCUT2D eigenvalue weighted by molar-refractivity contribution is 6.30. The second-order valence-electron chi connectivity index (χ2n) is 9.52. The molecule has 0 saturated heterocycles. The largest absolute Gasteiger partial charge is 0.491 e. The van der Waals surface area contributed by atoms with Gasteiger partial charge in [-0.25, -0.2) is 9.78 Å². The van der Waals surface area contributed by atoms with Gasteiger partial charge in [0.15, 0.2) is 5.69 Å². The molecule has 0 atom stereocenters. The van der Waals surface area contributed by atoms with Crippen LogP contribution in [0, 0.1) is 0 Å². The maximum atomic E-state index is 12.9. The fraction of sp³-hybridized carbons (Fsp3) is 0.560. The molecule has 1 N–H and O–H groups in total. The summed E-state index contributed by atoms with van der Waals surface area (Å²) < 4.78 is 11.2. The highest BCUT2D eigenvalue weighted by Crippen LogP contribution is 2.44. The molecule has 0 bridgehead atoms. The van der Waals surface area contributed by atoms with E-state index in [2.05, 4.69) is 9.97 Å². The second-order valence-corrected chi connectivity index (χ2v) is 9.95.